The Morgan fingerprint density at radius 1 is 1.30 bits per heavy atom. The zero-order chi connectivity index (χ0) is 16.4. The topological polar surface area (TPSA) is 42.2 Å². The van der Waals surface area contributed by atoms with Crippen molar-refractivity contribution in [1.29, 1.82) is 0 Å². The fraction of sp³-hybridized carbons (Fsp3) is 0.118. The smallest absolute Gasteiger partial charge is 0.222 e. The quantitative estimate of drug-likeness (QED) is 0.535. The van der Waals surface area contributed by atoms with Gasteiger partial charge in [0, 0.05) is 17.3 Å². The first-order valence-electron chi connectivity index (χ1n) is 6.93. The van der Waals surface area contributed by atoms with Gasteiger partial charge >= 0.3 is 0 Å². The van der Waals surface area contributed by atoms with Gasteiger partial charge in [0.1, 0.15) is 11.0 Å². The van der Waals surface area contributed by atoms with Crippen molar-refractivity contribution in [2.45, 2.75) is 13.0 Å². The number of benzene rings is 1. The summed E-state index contributed by atoms with van der Waals surface area (Å²) in [6.07, 6.45) is 3.24. The van der Waals surface area contributed by atoms with Crippen molar-refractivity contribution in [1.82, 2.24) is 9.97 Å². The molecule has 3 rings (SSSR count). The average Bonchev–Trinajstić information content (AvgIpc) is 2.55. The summed E-state index contributed by atoms with van der Waals surface area (Å²) in [7, 11) is 0. The molecule has 1 atom stereocenters. The van der Waals surface area contributed by atoms with Gasteiger partial charge in [0.25, 0.3) is 0 Å². The summed E-state index contributed by atoms with van der Waals surface area (Å²) in [5.41, 5.74) is 1.92. The zero-order valence-corrected chi connectivity index (χ0v) is 13.0. The number of nitrogens with one attached hydrogen (secondary N) is 1. The molecular formula is C17H12ClFN4. The molecule has 1 aromatic carbocycles. The van der Waals surface area contributed by atoms with Crippen molar-refractivity contribution < 1.29 is 4.39 Å². The van der Waals surface area contributed by atoms with Gasteiger partial charge in [-0.05, 0) is 24.6 Å². The van der Waals surface area contributed by atoms with Crippen molar-refractivity contribution in [3.8, 4) is 0 Å². The number of hydrogen-bond acceptors (Lipinski definition) is 3. The van der Waals surface area contributed by atoms with Crippen LogP contribution >= 0.6 is 11.6 Å². The van der Waals surface area contributed by atoms with Crippen LogP contribution in [0.1, 0.15) is 18.5 Å². The predicted molar refractivity (Wildman–Crippen MR) is 89.2 cm³/mol. The van der Waals surface area contributed by atoms with Crippen molar-refractivity contribution in [3.63, 3.8) is 0 Å². The number of fused-ring (bicyclic) bond motifs is 1. The third kappa shape index (κ3) is 2.94. The molecule has 23 heavy (non-hydrogen) atoms. The maximum absolute atomic E-state index is 14.3. The van der Waals surface area contributed by atoms with Crippen LogP contribution in [0.2, 0.25) is 5.15 Å². The molecule has 0 radical (unpaired) electrons. The SMILES string of the molecule is [C-]#[N+]c1cccc([C@@H](C)Nc2ccnc3cnc(Cl)cc23)c1F. The number of nitrogens with zero attached hydrogens (tertiary/aromatic N) is 3. The predicted octanol–water partition coefficient (Wildman–Crippen LogP) is 5.15. The van der Waals surface area contributed by atoms with Gasteiger partial charge in [0.05, 0.1) is 24.3 Å². The number of anilines is 1. The second-order valence-electron chi connectivity index (χ2n) is 5.04. The normalized spacial score (nSPS) is 11.9. The minimum absolute atomic E-state index is 0.0166. The molecule has 6 heteroatoms. The van der Waals surface area contributed by atoms with E-state index < -0.39 is 5.82 Å². The van der Waals surface area contributed by atoms with Crippen molar-refractivity contribution in [2.24, 2.45) is 0 Å². The molecule has 0 aliphatic carbocycles. The summed E-state index contributed by atoms with van der Waals surface area (Å²) in [4.78, 5) is 11.4. The molecule has 0 aliphatic rings. The van der Waals surface area contributed by atoms with E-state index >= 15 is 0 Å². The molecule has 114 valence electrons. The van der Waals surface area contributed by atoms with Crippen LogP contribution in [0.15, 0.2) is 42.7 Å². The lowest BCUT2D eigenvalue weighted by molar-refractivity contribution is 0.606. The Morgan fingerprint density at radius 2 is 2.13 bits per heavy atom. The van der Waals surface area contributed by atoms with Crippen molar-refractivity contribution in [3.05, 3.63) is 70.7 Å². The van der Waals surface area contributed by atoms with E-state index in [4.69, 9.17) is 18.2 Å². The van der Waals surface area contributed by atoms with Crippen LogP contribution in [0.25, 0.3) is 15.7 Å². The van der Waals surface area contributed by atoms with E-state index in [-0.39, 0.29) is 11.7 Å². The second kappa shape index (κ2) is 6.19. The molecule has 3 aromatic rings. The lowest BCUT2D eigenvalue weighted by Crippen LogP contribution is -2.09. The van der Waals surface area contributed by atoms with Crippen molar-refractivity contribution in [2.75, 3.05) is 5.32 Å². The van der Waals surface area contributed by atoms with Gasteiger partial charge in [0.15, 0.2) is 0 Å². The summed E-state index contributed by atoms with van der Waals surface area (Å²) < 4.78 is 14.3. The Balaban J connectivity index is 2.00. The van der Waals surface area contributed by atoms with Gasteiger partial charge in [-0.1, -0.05) is 29.8 Å². The lowest BCUT2D eigenvalue weighted by Gasteiger charge is -2.18. The maximum Gasteiger partial charge on any atom is 0.222 e. The van der Waals surface area contributed by atoms with E-state index in [0.29, 0.717) is 16.2 Å². The van der Waals surface area contributed by atoms with E-state index in [1.165, 1.54) is 6.07 Å². The van der Waals surface area contributed by atoms with Crippen LogP contribution in [-0.2, 0) is 0 Å². The monoisotopic (exact) mass is 326 g/mol. The summed E-state index contributed by atoms with van der Waals surface area (Å²) in [6, 6.07) is 7.99. The Kier molecular flexibility index (Phi) is 4.09. The van der Waals surface area contributed by atoms with E-state index in [1.807, 2.05) is 6.92 Å². The maximum atomic E-state index is 14.3. The number of rotatable bonds is 3. The van der Waals surface area contributed by atoms with Gasteiger partial charge in [-0.3, -0.25) is 4.98 Å². The Hall–Kier alpha value is -2.71. The highest BCUT2D eigenvalue weighted by Crippen LogP contribution is 2.30. The summed E-state index contributed by atoms with van der Waals surface area (Å²) in [5, 5.41) is 4.42. The molecule has 0 bridgehead atoms. The highest BCUT2D eigenvalue weighted by Gasteiger charge is 2.15. The number of halogens is 2. The molecule has 0 spiro atoms. The first kappa shape index (κ1) is 15.2. The van der Waals surface area contributed by atoms with Crippen LogP contribution in [0.4, 0.5) is 15.8 Å². The number of aromatic nitrogens is 2. The molecule has 0 saturated heterocycles. The largest absolute Gasteiger partial charge is 0.378 e. The van der Waals surface area contributed by atoms with Crippen LogP contribution in [0, 0.1) is 12.4 Å². The molecule has 0 aliphatic heterocycles. The van der Waals surface area contributed by atoms with E-state index in [1.54, 1.807) is 36.7 Å². The van der Waals surface area contributed by atoms with Gasteiger partial charge in [0.2, 0.25) is 5.69 Å². The van der Waals surface area contributed by atoms with Crippen LogP contribution in [0.3, 0.4) is 0 Å². The molecule has 1 N–H and O–H groups in total. The fourth-order valence-electron chi connectivity index (χ4n) is 2.42. The van der Waals surface area contributed by atoms with Crippen LogP contribution in [0.5, 0.6) is 0 Å². The second-order valence-corrected chi connectivity index (χ2v) is 5.43. The third-order valence-electron chi connectivity index (χ3n) is 3.56. The molecule has 2 heterocycles. The van der Waals surface area contributed by atoms with Gasteiger partial charge in [-0.15, -0.1) is 0 Å². The first-order chi connectivity index (χ1) is 11.1. The molecule has 0 fully saturated rings. The minimum atomic E-state index is -0.499. The molecular weight excluding hydrogens is 315 g/mol. The van der Waals surface area contributed by atoms with E-state index in [9.17, 15) is 4.39 Å². The minimum Gasteiger partial charge on any atom is -0.378 e. The Bertz CT molecular complexity index is 920. The first-order valence-corrected chi connectivity index (χ1v) is 7.30. The van der Waals surface area contributed by atoms with Gasteiger partial charge in [-0.2, -0.15) is 0 Å². The van der Waals surface area contributed by atoms with Crippen LogP contribution in [-0.4, -0.2) is 9.97 Å². The zero-order valence-electron chi connectivity index (χ0n) is 12.2. The van der Waals surface area contributed by atoms with Crippen LogP contribution < -0.4 is 5.32 Å². The molecule has 0 amide bonds. The molecule has 4 nitrogen and oxygen atoms in total. The van der Waals surface area contributed by atoms with Crippen molar-refractivity contribution >= 4 is 33.9 Å². The van der Waals surface area contributed by atoms with Gasteiger partial charge < -0.3 is 5.32 Å². The summed E-state index contributed by atoms with van der Waals surface area (Å²) in [5.74, 6) is -0.499. The average molecular weight is 327 g/mol. The third-order valence-corrected chi connectivity index (χ3v) is 3.77. The van der Waals surface area contributed by atoms with E-state index in [0.717, 1.165) is 11.1 Å². The highest BCUT2D eigenvalue weighted by molar-refractivity contribution is 6.30. The van der Waals surface area contributed by atoms with E-state index in [2.05, 4.69) is 20.1 Å². The highest BCUT2D eigenvalue weighted by atomic mass is 35.5. The Labute approximate surface area is 137 Å². The van der Waals surface area contributed by atoms with Gasteiger partial charge in [-0.25, -0.2) is 14.2 Å². The standard InChI is InChI=1S/C17H12ClFN4/c1-10(11-4-3-5-14(20-2)17(11)19)23-13-6-7-21-15-9-22-16(18)8-12(13)15/h3-10H,1H3,(H,21,23)/t10-/m1/s1. The number of pyridine rings is 2. The summed E-state index contributed by atoms with van der Waals surface area (Å²) in [6.45, 7) is 8.84. The number of hydrogen-bond donors (Lipinski definition) is 1. The summed E-state index contributed by atoms with van der Waals surface area (Å²) >= 11 is 5.95. The Morgan fingerprint density at radius 3 is 2.91 bits per heavy atom. The fourth-order valence-corrected chi connectivity index (χ4v) is 2.58. The molecule has 0 saturated carbocycles. The lowest BCUT2D eigenvalue weighted by atomic mass is 10.1. The molecule has 0 unspecified atom stereocenters. The molecule has 2 aromatic heterocycles.